The molecule has 1 aliphatic rings. The maximum absolute atomic E-state index is 12.4. The maximum Gasteiger partial charge on any atom is 0.257 e. The normalized spacial score (nSPS) is 18.7. The van der Waals surface area contributed by atoms with Gasteiger partial charge in [-0.3, -0.25) is 4.79 Å². The molecule has 1 amide bonds. The van der Waals surface area contributed by atoms with Crippen molar-refractivity contribution in [3.63, 3.8) is 0 Å². The number of carbonyl (C=O) groups excluding carboxylic acids is 1. The van der Waals surface area contributed by atoms with Crippen molar-refractivity contribution < 1.29 is 9.53 Å². The van der Waals surface area contributed by atoms with Crippen LogP contribution in [0.1, 0.15) is 16.8 Å². The molecule has 1 fully saturated rings. The van der Waals surface area contributed by atoms with Gasteiger partial charge in [-0.25, -0.2) is 0 Å². The number of likely N-dealkylation sites (N-methyl/N-ethyl adjacent to an activating group) is 1. The number of benzene rings is 1. The zero-order valence-corrected chi connectivity index (χ0v) is 12.2. The molecule has 0 radical (unpaired) electrons. The molecule has 0 unspecified atom stereocenters. The third-order valence-corrected chi connectivity index (χ3v) is 3.79. The van der Waals surface area contributed by atoms with Crippen LogP contribution in [0.25, 0.3) is 0 Å². The number of amides is 1. The molecule has 1 aliphatic heterocycles. The minimum absolute atomic E-state index is 0.00745. The number of hydrogen-bond donors (Lipinski definition) is 1. The molecule has 4 nitrogen and oxygen atoms in total. The van der Waals surface area contributed by atoms with Gasteiger partial charge in [-0.05, 0) is 31.2 Å². The highest BCUT2D eigenvalue weighted by molar-refractivity contribution is 9.10. The van der Waals surface area contributed by atoms with E-state index < -0.39 is 0 Å². The molecule has 1 aromatic carbocycles. The first kappa shape index (κ1) is 13.4. The Morgan fingerprint density at radius 2 is 2.33 bits per heavy atom. The largest absolute Gasteiger partial charge is 0.496 e. The van der Waals surface area contributed by atoms with Gasteiger partial charge in [0.15, 0.2) is 0 Å². The van der Waals surface area contributed by atoms with Crippen LogP contribution in [-0.4, -0.2) is 44.1 Å². The van der Waals surface area contributed by atoms with Crippen LogP contribution < -0.4 is 10.1 Å². The molecular weight excluding hydrogens is 296 g/mol. The number of halogens is 1. The molecule has 1 N–H and O–H groups in total. The van der Waals surface area contributed by atoms with Gasteiger partial charge in [0.05, 0.1) is 12.7 Å². The van der Waals surface area contributed by atoms with E-state index in [1.54, 1.807) is 18.1 Å². The average molecular weight is 313 g/mol. The smallest absolute Gasteiger partial charge is 0.257 e. The molecule has 5 heteroatoms. The minimum atomic E-state index is 0.00745. The van der Waals surface area contributed by atoms with Crippen LogP contribution in [0.4, 0.5) is 0 Å². The number of carbonyl (C=O) groups is 1. The summed E-state index contributed by atoms with van der Waals surface area (Å²) in [5, 5.41) is 3.26. The third kappa shape index (κ3) is 2.67. The third-order valence-electron chi connectivity index (χ3n) is 3.30. The van der Waals surface area contributed by atoms with Gasteiger partial charge in [-0.15, -0.1) is 0 Å². The molecule has 0 saturated carbocycles. The zero-order chi connectivity index (χ0) is 13.1. The predicted molar refractivity (Wildman–Crippen MR) is 74.1 cm³/mol. The lowest BCUT2D eigenvalue weighted by Crippen LogP contribution is -2.38. The Morgan fingerprint density at radius 3 is 2.94 bits per heavy atom. The molecular formula is C13H17BrN2O2. The Bertz CT molecular complexity index is 445. The first-order chi connectivity index (χ1) is 8.63. The number of ether oxygens (including phenoxy) is 1. The average Bonchev–Trinajstić information content (AvgIpc) is 2.90. The second-order valence-corrected chi connectivity index (χ2v) is 5.32. The Balaban J connectivity index is 2.22. The number of nitrogens with one attached hydrogen (secondary N) is 1. The van der Waals surface area contributed by atoms with Gasteiger partial charge in [0, 0.05) is 24.1 Å². The van der Waals surface area contributed by atoms with E-state index in [1.165, 1.54) is 0 Å². The first-order valence-electron chi connectivity index (χ1n) is 5.95. The first-order valence-corrected chi connectivity index (χ1v) is 6.74. The highest BCUT2D eigenvalue weighted by Gasteiger charge is 2.25. The van der Waals surface area contributed by atoms with Gasteiger partial charge in [0.25, 0.3) is 5.91 Å². The topological polar surface area (TPSA) is 41.6 Å². The summed E-state index contributed by atoms with van der Waals surface area (Å²) in [5.74, 6) is 0.611. The number of rotatable bonds is 3. The molecule has 98 valence electrons. The van der Waals surface area contributed by atoms with E-state index in [-0.39, 0.29) is 11.9 Å². The van der Waals surface area contributed by atoms with E-state index >= 15 is 0 Å². The van der Waals surface area contributed by atoms with Crippen molar-refractivity contribution in [1.29, 1.82) is 0 Å². The number of methoxy groups -OCH3 is 1. The number of nitrogens with zero attached hydrogens (tertiary/aromatic N) is 1. The highest BCUT2D eigenvalue weighted by atomic mass is 79.9. The molecule has 1 aromatic rings. The summed E-state index contributed by atoms with van der Waals surface area (Å²) in [7, 11) is 3.43. The van der Waals surface area contributed by atoms with Crippen molar-refractivity contribution >= 4 is 21.8 Å². The van der Waals surface area contributed by atoms with E-state index in [0.29, 0.717) is 11.3 Å². The molecule has 0 spiro atoms. The fourth-order valence-electron chi connectivity index (χ4n) is 2.17. The van der Waals surface area contributed by atoms with Crippen molar-refractivity contribution in [2.75, 3.05) is 27.2 Å². The summed E-state index contributed by atoms with van der Waals surface area (Å²) < 4.78 is 6.17. The number of hydrogen-bond acceptors (Lipinski definition) is 3. The van der Waals surface area contributed by atoms with Crippen LogP contribution in [0, 0.1) is 0 Å². The summed E-state index contributed by atoms with van der Waals surface area (Å²) in [6, 6.07) is 5.74. The van der Waals surface area contributed by atoms with Crippen LogP contribution in [0.5, 0.6) is 5.75 Å². The monoisotopic (exact) mass is 312 g/mol. The van der Waals surface area contributed by atoms with Gasteiger partial charge in [-0.2, -0.15) is 0 Å². The molecule has 2 rings (SSSR count). The van der Waals surface area contributed by atoms with E-state index in [0.717, 1.165) is 24.0 Å². The lowest BCUT2D eigenvalue weighted by molar-refractivity contribution is 0.0740. The van der Waals surface area contributed by atoms with Crippen LogP contribution in [0.2, 0.25) is 0 Å². The summed E-state index contributed by atoms with van der Waals surface area (Å²) in [6.45, 7) is 1.83. The second-order valence-electron chi connectivity index (χ2n) is 4.41. The molecule has 1 heterocycles. The summed E-state index contributed by atoms with van der Waals surface area (Å²) in [4.78, 5) is 14.2. The van der Waals surface area contributed by atoms with Crippen molar-refractivity contribution in [3.05, 3.63) is 28.2 Å². The predicted octanol–water partition coefficient (Wildman–Crippen LogP) is 1.89. The van der Waals surface area contributed by atoms with Gasteiger partial charge in [-0.1, -0.05) is 15.9 Å². The van der Waals surface area contributed by atoms with Crippen LogP contribution in [0.15, 0.2) is 22.7 Å². The summed E-state index contributed by atoms with van der Waals surface area (Å²) in [6.07, 6.45) is 1.00. The van der Waals surface area contributed by atoms with Crippen molar-refractivity contribution in [2.24, 2.45) is 0 Å². The van der Waals surface area contributed by atoms with Crippen molar-refractivity contribution in [2.45, 2.75) is 12.5 Å². The SMILES string of the molecule is COc1cc(Br)ccc1C(=O)N(C)[C@@H]1CCNC1. The van der Waals surface area contributed by atoms with Crippen LogP contribution >= 0.6 is 15.9 Å². The molecule has 0 aliphatic carbocycles. The minimum Gasteiger partial charge on any atom is -0.496 e. The van der Waals surface area contributed by atoms with Crippen LogP contribution in [0.3, 0.4) is 0 Å². The molecule has 1 atom stereocenters. The quantitative estimate of drug-likeness (QED) is 0.926. The van der Waals surface area contributed by atoms with E-state index in [2.05, 4.69) is 21.2 Å². The molecule has 1 saturated heterocycles. The Hall–Kier alpha value is -1.07. The van der Waals surface area contributed by atoms with Gasteiger partial charge >= 0.3 is 0 Å². The van der Waals surface area contributed by atoms with Crippen molar-refractivity contribution in [1.82, 2.24) is 10.2 Å². The second kappa shape index (κ2) is 5.71. The highest BCUT2D eigenvalue weighted by Crippen LogP contribution is 2.25. The standard InChI is InChI=1S/C13H17BrN2O2/c1-16(10-5-6-15-8-10)13(17)11-4-3-9(14)7-12(11)18-2/h3-4,7,10,15H,5-6,8H2,1-2H3/t10-/m1/s1. The lowest BCUT2D eigenvalue weighted by Gasteiger charge is -2.24. The fraction of sp³-hybridized carbons (Fsp3) is 0.462. The molecule has 18 heavy (non-hydrogen) atoms. The van der Waals surface area contributed by atoms with Gasteiger partial charge in [0.1, 0.15) is 5.75 Å². The summed E-state index contributed by atoms with van der Waals surface area (Å²) in [5.41, 5.74) is 0.607. The fourth-order valence-corrected chi connectivity index (χ4v) is 2.51. The van der Waals surface area contributed by atoms with E-state index in [4.69, 9.17) is 4.74 Å². The van der Waals surface area contributed by atoms with Crippen LogP contribution in [-0.2, 0) is 0 Å². The van der Waals surface area contributed by atoms with Gasteiger partial charge in [0.2, 0.25) is 0 Å². The Labute approximate surface area is 115 Å². The molecule has 0 aromatic heterocycles. The summed E-state index contributed by atoms with van der Waals surface area (Å²) >= 11 is 3.37. The Morgan fingerprint density at radius 1 is 1.56 bits per heavy atom. The Kier molecular flexibility index (Phi) is 4.24. The lowest BCUT2D eigenvalue weighted by atomic mass is 10.1. The van der Waals surface area contributed by atoms with Crippen molar-refractivity contribution in [3.8, 4) is 5.75 Å². The van der Waals surface area contributed by atoms with Gasteiger partial charge < -0.3 is 15.0 Å². The van der Waals surface area contributed by atoms with E-state index in [9.17, 15) is 4.79 Å². The van der Waals surface area contributed by atoms with E-state index in [1.807, 2.05) is 19.2 Å². The zero-order valence-electron chi connectivity index (χ0n) is 10.6. The molecule has 0 bridgehead atoms. The maximum atomic E-state index is 12.4.